The van der Waals surface area contributed by atoms with E-state index >= 15 is 0 Å². The van der Waals surface area contributed by atoms with Gasteiger partial charge < -0.3 is 20.5 Å². The third-order valence-electron chi connectivity index (χ3n) is 6.70. The first-order valence-electron chi connectivity index (χ1n) is 11.7. The molecular weight excluding hydrogens is 451 g/mol. The van der Waals surface area contributed by atoms with Gasteiger partial charge in [0.25, 0.3) is 5.91 Å². The number of amides is 1. The van der Waals surface area contributed by atoms with Crippen molar-refractivity contribution >= 4 is 17.1 Å². The fraction of sp³-hybridized carbons (Fsp3) is 0.440. The number of hydrogen-bond donors (Lipinski definition) is 3. The number of aliphatic hydroxyl groups is 1. The molecular formula is C25H27FN6O3. The molecule has 3 aromatic rings. The Labute approximate surface area is 201 Å². The average molecular weight is 479 g/mol. The topological polar surface area (TPSA) is 125 Å². The molecule has 4 atom stereocenters. The molecule has 0 saturated carbocycles. The van der Waals surface area contributed by atoms with Gasteiger partial charge >= 0.3 is 0 Å². The molecule has 0 spiro atoms. The van der Waals surface area contributed by atoms with Gasteiger partial charge in [-0.25, -0.2) is 8.91 Å². The fourth-order valence-corrected chi connectivity index (χ4v) is 4.67. The molecule has 3 N–H and O–H groups in total. The zero-order valence-corrected chi connectivity index (χ0v) is 19.5. The third kappa shape index (κ3) is 4.57. The first-order valence-corrected chi connectivity index (χ1v) is 11.7. The number of ether oxygens (including phenoxy) is 1. The van der Waals surface area contributed by atoms with Gasteiger partial charge in [-0.15, -0.1) is 0 Å². The van der Waals surface area contributed by atoms with Crippen molar-refractivity contribution in [2.24, 2.45) is 0 Å². The SMILES string of the molecule is CC(C)(O)C(F)CNC(=O)c1cnc(-c2ccc3cc(C#N)cnn23)cc1N[C@@H]1C[C@H]2CC[C@@H]1O2. The molecule has 10 heteroatoms. The Morgan fingerprint density at radius 1 is 1.37 bits per heavy atom. The zero-order valence-electron chi connectivity index (χ0n) is 19.5. The monoisotopic (exact) mass is 478 g/mol. The maximum Gasteiger partial charge on any atom is 0.255 e. The molecule has 5 heterocycles. The van der Waals surface area contributed by atoms with E-state index < -0.39 is 17.7 Å². The van der Waals surface area contributed by atoms with Gasteiger partial charge in [-0.2, -0.15) is 10.4 Å². The molecule has 0 aliphatic carbocycles. The average Bonchev–Trinajstić information content (AvgIpc) is 3.57. The van der Waals surface area contributed by atoms with Crippen molar-refractivity contribution < 1.29 is 19.0 Å². The number of alkyl halides is 1. The third-order valence-corrected chi connectivity index (χ3v) is 6.70. The van der Waals surface area contributed by atoms with Crippen molar-refractivity contribution in [3.8, 4) is 17.5 Å². The lowest BCUT2D eigenvalue weighted by molar-refractivity contribution is -0.00177. The summed E-state index contributed by atoms with van der Waals surface area (Å²) in [7, 11) is 0. The second-order valence-electron chi connectivity index (χ2n) is 9.72. The van der Waals surface area contributed by atoms with E-state index in [9.17, 15) is 14.3 Å². The van der Waals surface area contributed by atoms with Crippen LogP contribution in [0.15, 0.2) is 36.7 Å². The molecule has 5 rings (SSSR count). The lowest BCUT2D eigenvalue weighted by Gasteiger charge is -2.24. The Morgan fingerprint density at radius 3 is 2.89 bits per heavy atom. The van der Waals surface area contributed by atoms with Crippen molar-refractivity contribution in [1.29, 1.82) is 5.26 Å². The molecule has 0 radical (unpaired) electrons. The van der Waals surface area contributed by atoms with E-state index in [1.807, 2.05) is 12.1 Å². The van der Waals surface area contributed by atoms with E-state index in [2.05, 4.69) is 26.8 Å². The Kier molecular flexibility index (Phi) is 5.91. The van der Waals surface area contributed by atoms with Crippen LogP contribution < -0.4 is 10.6 Å². The van der Waals surface area contributed by atoms with E-state index in [0.717, 1.165) is 24.8 Å². The molecule has 2 aliphatic heterocycles. The molecule has 2 fully saturated rings. The largest absolute Gasteiger partial charge is 0.387 e. The normalized spacial score (nSPS) is 22.2. The molecule has 2 bridgehead atoms. The van der Waals surface area contributed by atoms with Crippen LogP contribution in [-0.4, -0.2) is 62.2 Å². The number of carbonyl (C=O) groups is 1. The summed E-state index contributed by atoms with van der Waals surface area (Å²) in [5, 5.41) is 29.4. The maximum absolute atomic E-state index is 14.2. The van der Waals surface area contributed by atoms with Crippen LogP contribution >= 0.6 is 0 Å². The highest BCUT2D eigenvalue weighted by Crippen LogP contribution is 2.37. The number of carbonyl (C=O) groups excluding carboxylic acids is 1. The van der Waals surface area contributed by atoms with Crippen molar-refractivity contribution in [3.63, 3.8) is 0 Å². The Hall–Kier alpha value is -3.55. The molecule has 35 heavy (non-hydrogen) atoms. The van der Waals surface area contributed by atoms with E-state index in [-0.39, 0.29) is 30.4 Å². The predicted octanol–water partition coefficient (Wildman–Crippen LogP) is 2.84. The van der Waals surface area contributed by atoms with Crippen LogP contribution in [0.25, 0.3) is 16.9 Å². The Bertz CT molecular complexity index is 1310. The number of fused-ring (bicyclic) bond motifs is 3. The summed E-state index contributed by atoms with van der Waals surface area (Å²) in [6.45, 7) is 2.39. The van der Waals surface area contributed by atoms with Crippen LogP contribution in [0, 0.1) is 11.3 Å². The smallest absolute Gasteiger partial charge is 0.255 e. The fourth-order valence-electron chi connectivity index (χ4n) is 4.67. The van der Waals surface area contributed by atoms with Gasteiger partial charge in [0.15, 0.2) is 0 Å². The number of rotatable bonds is 7. The van der Waals surface area contributed by atoms with Crippen LogP contribution in [0.1, 0.15) is 49.0 Å². The zero-order chi connectivity index (χ0) is 24.7. The molecule has 2 saturated heterocycles. The summed E-state index contributed by atoms with van der Waals surface area (Å²) in [6.07, 6.45) is 4.49. The van der Waals surface area contributed by atoms with Gasteiger partial charge in [0.05, 0.1) is 70.3 Å². The molecule has 1 unspecified atom stereocenters. The van der Waals surface area contributed by atoms with E-state index in [1.165, 1.54) is 26.2 Å². The number of aromatic nitrogens is 3. The minimum Gasteiger partial charge on any atom is -0.387 e. The predicted molar refractivity (Wildman–Crippen MR) is 127 cm³/mol. The van der Waals surface area contributed by atoms with Gasteiger partial charge in [0.1, 0.15) is 12.2 Å². The van der Waals surface area contributed by atoms with Crippen LogP contribution in [0.2, 0.25) is 0 Å². The second kappa shape index (κ2) is 8.91. The Morgan fingerprint density at radius 2 is 2.20 bits per heavy atom. The number of pyridine rings is 1. The lowest BCUT2D eigenvalue weighted by Crippen LogP contribution is -2.42. The summed E-state index contributed by atoms with van der Waals surface area (Å²) >= 11 is 0. The summed E-state index contributed by atoms with van der Waals surface area (Å²) < 4.78 is 21.9. The van der Waals surface area contributed by atoms with Gasteiger partial charge in [-0.3, -0.25) is 9.78 Å². The summed E-state index contributed by atoms with van der Waals surface area (Å²) in [5.74, 6) is -0.487. The molecule has 9 nitrogen and oxygen atoms in total. The maximum atomic E-state index is 14.2. The molecule has 3 aromatic heterocycles. The second-order valence-corrected chi connectivity index (χ2v) is 9.72. The summed E-state index contributed by atoms with van der Waals surface area (Å²) in [5.41, 5.74) is 1.78. The molecule has 1 amide bonds. The van der Waals surface area contributed by atoms with Crippen molar-refractivity contribution in [3.05, 3.63) is 47.8 Å². The van der Waals surface area contributed by atoms with Gasteiger partial charge in [0, 0.05) is 6.20 Å². The highest BCUT2D eigenvalue weighted by molar-refractivity contribution is 6.00. The minimum absolute atomic E-state index is 0.0567. The van der Waals surface area contributed by atoms with Crippen molar-refractivity contribution in [2.75, 3.05) is 11.9 Å². The standard InChI is InChI=1S/C25H27FN6O3/c1-25(2,34)23(26)13-29-24(33)17-12-28-19(9-18(17)31-20-8-16-4-6-22(20)35-16)21-5-3-15-7-14(10-27)11-30-32(15)21/h3,5,7,9,11-12,16,20,22-23,34H,4,6,8,13H2,1-2H3,(H,28,31)(H,29,33)/t16-,20-,22+,23?/m1/s1. The first kappa shape index (κ1) is 23.2. The van der Waals surface area contributed by atoms with Crippen LogP contribution in [0.5, 0.6) is 0 Å². The van der Waals surface area contributed by atoms with Gasteiger partial charge in [0.2, 0.25) is 0 Å². The van der Waals surface area contributed by atoms with E-state index in [0.29, 0.717) is 22.6 Å². The van der Waals surface area contributed by atoms with Crippen LogP contribution in [0.3, 0.4) is 0 Å². The number of nitrogens with one attached hydrogen (secondary N) is 2. The van der Waals surface area contributed by atoms with Crippen LogP contribution in [-0.2, 0) is 4.74 Å². The molecule has 182 valence electrons. The highest BCUT2D eigenvalue weighted by atomic mass is 19.1. The number of nitrogens with zero attached hydrogens (tertiary/aromatic N) is 4. The van der Waals surface area contributed by atoms with Gasteiger partial charge in [-0.1, -0.05) is 0 Å². The van der Waals surface area contributed by atoms with E-state index in [1.54, 1.807) is 16.6 Å². The Balaban J connectivity index is 1.46. The number of hydrogen-bond acceptors (Lipinski definition) is 7. The van der Waals surface area contributed by atoms with Crippen molar-refractivity contribution in [2.45, 2.75) is 63.1 Å². The number of halogens is 1. The van der Waals surface area contributed by atoms with Crippen LogP contribution in [0.4, 0.5) is 10.1 Å². The number of nitriles is 1. The first-order chi connectivity index (χ1) is 16.7. The van der Waals surface area contributed by atoms with E-state index in [4.69, 9.17) is 10.00 Å². The quantitative estimate of drug-likeness (QED) is 0.477. The summed E-state index contributed by atoms with van der Waals surface area (Å²) in [6, 6.07) is 9.36. The number of anilines is 1. The lowest BCUT2D eigenvalue weighted by atomic mass is 9.95. The van der Waals surface area contributed by atoms with Crippen molar-refractivity contribution in [1.82, 2.24) is 19.9 Å². The summed E-state index contributed by atoms with van der Waals surface area (Å²) in [4.78, 5) is 17.5. The minimum atomic E-state index is -1.62. The van der Waals surface area contributed by atoms with Gasteiger partial charge in [-0.05, 0) is 57.4 Å². The molecule has 0 aromatic carbocycles. The molecule has 2 aliphatic rings. The highest BCUT2D eigenvalue weighted by Gasteiger charge is 2.41.